The molecule has 1 fully saturated rings. The molecule has 1 aliphatic heterocycles. The molecule has 0 aromatic carbocycles. The molecule has 1 saturated heterocycles. The van der Waals surface area contributed by atoms with Crippen molar-refractivity contribution >= 4 is 0 Å². The van der Waals surface area contributed by atoms with Gasteiger partial charge in [-0.2, -0.15) is 0 Å². The quantitative estimate of drug-likeness (QED) is 0.606. The lowest BCUT2D eigenvalue weighted by molar-refractivity contribution is 0.0844. The number of hydrogen-bond donors (Lipinski definition) is 2. The number of ether oxygens (including phenoxy) is 1. The predicted octanol–water partition coefficient (Wildman–Crippen LogP) is -0.583. The topological polar surface area (TPSA) is 58.7 Å². The number of aliphatic hydroxyl groups is 1. The highest BCUT2D eigenvalue weighted by Gasteiger charge is 2.26. The maximum atomic E-state index is 9.21. The smallest absolute Gasteiger partial charge is 0.0629 e. The average Bonchev–Trinajstić information content (AvgIpc) is 2.59. The van der Waals surface area contributed by atoms with Gasteiger partial charge < -0.3 is 15.6 Å². The number of hydrogen-bond acceptors (Lipinski definition) is 4. The second-order valence-electron chi connectivity index (χ2n) is 3.61. The molecule has 0 aromatic rings. The molecule has 1 rings (SSSR count). The van der Waals surface area contributed by atoms with E-state index in [1.807, 2.05) is 0 Å². The Balaban J connectivity index is 2.39. The zero-order valence-electron chi connectivity index (χ0n) is 8.28. The minimum absolute atomic E-state index is 0.0717. The summed E-state index contributed by atoms with van der Waals surface area (Å²) in [6.45, 7) is 2.76. The molecule has 3 N–H and O–H groups in total. The Bertz CT molecular complexity index is 138. The van der Waals surface area contributed by atoms with Crippen LogP contribution in [0.4, 0.5) is 0 Å². The molecular weight excluding hydrogens is 168 g/mol. The summed E-state index contributed by atoms with van der Waals surface area (Å²) in [5, 5.41) is 9.21. The lowest BCUT2D eigenvalue weighted by atomic mass is 10.1. The van der Waals surface area contributed by atoms with Crippen LogP contribution in [0.15, 0.2) is 0 Å². The molecule has 78 valence electrons. The lowest BCUT2D eigenvalue weighted by Crippen LogP contribution is -2.51. The van der Waals surface area contributed by atoms with Crippen LogP contribution >= 0.6 is 0 Å². The second kappa shape index (κ2) is 5.54. The first kappa shape index (κ1) is 10.9. The summed E-state index contributed by atoms with van der Waals surface area (Å²) < 4.78 is 4.98. The third-order valence-electron chi connectivity index (χ3n) is 2.65. The molecule has 1 aliphatic rings. The summed E-state index contributed by atoms with van der Waals surface area (Å²) in [5.74, 6) is 0. The number of nitrogens with two attached hydrogens (primary N) is 1. The Morgan fingerprint density at radius 2 is 2.08 bits per heavy atom. The van der Waals surface area contributed by atoms with Crippen LogP contribution < -0.4 is 5.73 Å². The SMILES string of the molecule is COCC(N)C(CO)N1CCCC1. The van der Waals surface area contributed by atoms with Crippen molar-refractivity contribution in [2.24, 2.45) is 5.73 Å². The van der Waals surface area contributed by atoms with E-state index >= 15 is 0 Å². The van der Waals surface area contributed by atoms with E-state index in [4.69, 9.17) is 10.5 Å². The fraction of sp³-hybridized carbons (Fsp3) is 1.00. The lowest BCUT2D eigenvalue weighted by Gasteiger charge is -2.30. The minimum Gasteiger partial charge on any atom is -0.395 e. The molecule has 4 nitrogen and oxygen atoms in total. The number of nitrogens with zero attached hydrogens (tertiary/aromatic N) is 1. The van der Waals surface area contributed by atoms with Crippen molar-refractivity contribution in [2.45, 2.75) is 24.9 Å². The van der Waals surface area contributed by atoms with E-state index in [2.05, 4.69) is 4.90 Å². The minimum atomic E-state index is -0.0758. The van der Waals surface area contributed by atoms with Gasteiger partial charge in [-0.05, 0) is 25.9 Å². The fourth-order valence-electron chi connectivity index (χ4n) is 1.90. The first-order chi connectivity index (χ1) is 6.29. The van der Waals surface area contributed by atoms with Gasteiger partial charge in [0, 0.05) is 13.2 Å². The van der Waals surface area contributed by atoms with Crippen LogP contribution in [0.1, 0.15) is 12.8 Å². The summed E-state index contributed by atoms with van der Waals surface area (Å²) in [6.07, 6.45) is 2.44. The van der Waals surface area contributed by atoms with E-state index in [1.54, 1.807) is 7.11 Å². The maximum absolute atomic E-state index is 9.21. The Hall–Kier alpha value is -0.160. The zero-order chi connectivity index (χ0) is 9.68. The standard InChI is InChI=1S/C9H20N2O2/c1-13-7-8(10)9(6-12)11-4-2-3-5-11/h8-9,12H,2-7,10H2,1H3. The van der Waals surface area contributed by atoms with Crippen LogP contribution in [0, 0.1) is 0 Å². The van der Waals surface area contributed by atoms with Crippen LogP contribution in [0.25, 0.3) is 0 Å². The predicted molar refractivity (Wildman–Crippen MR) is 51.5 cm³/mol. The number of aliphatic hydroxyl groups excluding tert-OH is 1. The van der Waals surface area contributed by atoms with Crippen LogP contribution in [-0.4, -0.2) is 55.5 Å². The average molecular weight is 188 g/mol. The highest BCUT2D eigenvalue weighted by Crippen LogP contribution is 2.13. The highest BCUT2D eigenvalue weighted by atomic mass is 16.5. The van der Waals surface area contributed by atoms with Gasteiger partial charge >= 0.3 is 0 Å². The first-order valence-electron chi connectivity index (χ1n) is 4.89. The van der Waals surface area contributed by atoms with Gasteiger partial charge in [0.05, 0.1) is 19.3 Å². The molecule has 1 heterocycles. The number of methoxy groups -OCH3 is 1. The van der Waals surface area contributed by atoms with E-state index in [9.17, 15) is 5.11 Å². The molecule has 0 aromatic heterocycles. The Kier molecular flexibility index (Phi) is 4.66. The highest BCUT2D eigenvalue weighted by molar-refractivity contribution is 4.84. The largest absolute Gasteiger partial charge is 0.395 e. The molecule has 4 heteroatoms. The van der Waals surface area contributed by atoms with Gasteiger partial charge in [-0.25, -0.2) is 0 Å². The van der Waals surface area contributed by atoms with E-state index in [-0.39, 0.29) is 18.7 Å². The first-order valence-corrected chi connectivity index (χ1v) is 4.89. The van der Waals surface area contributed by atoms with E-state index < -0.39 is 0 Å². The Morgan fingerprint density at radius 1 is 1.46 bits per heavy atom. The van der Waals surface area contributed by atoms with Gasteiger partial charge in [-0.15, -0.1) is 0 Å². The van der Waals surface area contributed by atoms with Crippen molar-refractivity contribution in [1.82, 2.24) is 4.90 Å². The van der Waals surface area contributed by atoms with Crippen molar-refractivity contribution < 1.29 is 9.84 Å². The molecule has 0 spiro atoms. The van der Waals surface area contributed by atoms with Gasteiger partial charge in [-0.3, -0.25) is 4.90 Å². The Morgan fingerprint density at radius 3 is 2.54 bits per heavy atom. The van der Waals surface area contributed by atoms with Gasteiger partial charge in [0.2, 0.25) is 0 Å². The van der Waals surface area contributed by atoms with Crippen molar-refractivity contribution in [3.63, 3.8) is 0 Å². The molecule has 13 heavy (non-hydrogen) atoms. The third kappa shape index (κ3) is 2.91. The third-order valence-corrected chi connectivity index (χ3v) is 2.65. The van der Waals surface area contributed by atoms with Crippen molar-refractivity contribution in [1.29, 1.82) is 0 Å². The molecule has 0 saturated carbocycles. The summed E-state index contributed by atoms with van der Waals surface area (Å²) in [5.41, 5.74) is 5.89. The van der Waals surface area contributed by atoms with Gasteiger partial charge in [-0.1, -0.05) is 0 Å². The fourth-order valence-corrected chi connectivity index (χ4v) is 1.90. The van der Waals surface area contributed by atoms with Crippen molar-refractivity contribution in [3.05, 3.63) is 0 Å². The maximum Gasteiger partial charge on any atom is 0.0629 e. The van der Waals surface area contributed by atoms with Crippen LogP contribution in [0.5, 0.6) is 0 Å². The van der Waals surface area contributed by atoms with Gasteiger partial charge in [0.15, 0.2) is 0 Å². The van der Waals surface area contributed by atoms with E-state index in [0.717, 1.165) is 13.1 Å². The monoisotopic (exact) mass is 188 g/mol. The van der Waals surface area contributed by atoms with E-state index in [1.165, 1.54) is 12.8 Å². The molecule has 2 atom stereocenters. The normalized spacial score (nSPS) is 23.3. The molecule has 0 amide bonds. The molecule has 0 aliphatic carbocycles. The molecular formula is C9H20N2O2. The summed E-state index contributed by atoms with van der Waals surface area (Å²) in [6, 6.07) is -0.00412. The zero-order valence-corrected chi connectivity index (χ0v) is 8.28. The summed E-state index contributed by atoms with van der Waals surface area (Å²) in [4.78, 5) is 2.25. The van der Waals surface area contributed by atoms with Crippen molar-refractivity contribution in [2.75, 3.05) is 33.4 Å². The summed E-state index contributed by atoms with van der Waals surface area (Å²) >= 11 is 0. The molecule has 2 unspecified atom stereocenters. The van der Waals surface area contributed by atoms with Gasteiger partial charge in [0.25, 0.3) is 0 Å². The van der Waals surface area contributed by atoms with E-state index in [0.29, 0.717) is 6.61 Å². The van der Waals surface area contributed by atoms with Crippen LogP contribution in [-0.2, 0) is 4.74 Å². The second-order valence-corrected chi connectivity index (χ2v) is 3.61. The molecule has 0 bridgehead atoms. The van der Waals surface area contributed by atoms with Gasteiger partial charge in [0.1, 0.15) is 0 Å². The van der Waals surface area contributed by atoms with Crippen LogP contribution in [0.2, 0.25) is 0 Å². The summed E-state index contributed by atoms with van der Waals surface area (Å²) in [7, 11) is 1.64. The molecule has 0 radical (unpaired) electrons. The Labute approximate surface area is 79.7 Å². The number of likely N-dealkylation sites (tertiary alicyclic amines) is 1. The number of rotatable bonds is 5. The van der Waals surface area contributed by atoms with Crippen molar-refractivity contribution in [3.8, 4) is 0 Å². The van der Waals surface area contributed by atoms with Crippen LogP contribution in [0.3, 0.4) is 0 Å².